The fraction of sp³-hybridized carbons (Fsp3) is 1.00. The summed E-state index contributed by atoms with van der Waals surface area (Å²) in [6, 6.07) is 0. The van der Waals surface area contributed by atoms with E-state index in [9.17, 15) is 15.3 Å². The maximum atomic E-state index is 12.1. The average molecular weight is 379 g/mol. The van der Waals surface area contributed by atoms with Crippen molar-refractivity contribution in [3.8, 4) is 0 Å². The van der Waals surface area contributed by atoms with Gasteiger partial charge in [-0.25, -0.2) is 0 Å². The first kappa shape index (κ1) is 20.2. The highest BCUT2D eigenvalue weighted by Gasteiger charge is 2.66. The summed E-state index contributed by atoms with van der Waals surface area (Å²) < 4.78 is 0. The van der Waals surface area contributed by atoms with E-state index >= 15 is 0 Å². The fourth-order valence-electron chi connectivity index (χ4n) is 8.42. The molecule has 4 rings (SSSR count). The van der Waals surface area contributed by atoms with Gasteiger partial charge in [-0.2, -0.15) is 0 Å². The highest BCUT2D eigenvalue weighted by Crippen LogP contribution is 2.68. The lowest BCUT2D eigenvalue weighted by atomic mass is 9.41. The summed E-state index contributed by atoms with van der Waals surface area (Å²) in [5.41, 5.74) is -0.680. The molecule has 0 aromatic rings. The van der Waals surface area contributed by atoms with Gasteiger partial charge >= 0.3 is 0 Å². The van der Waals surface area contributed by atoms with E-state index in [2.05, 4.69) is 20.8 Å². The van der Waals surface area contributed by atoms with Crippen molar-refractivity contribution in [3.63, 3.8) is 0 Å². The maximum Gasteiger partial charge on any atom is 0.0756 e. The number of aliphatic hydroxyl groups excluding tert-OH is 2. The molecule has 27 heavy (non-hydrogen) atoms. The summed E-state index contributed by atoms with van der Waals surface area (Å²) in [5, 5.41) is 33.2. The highest BCUT2D eigenvalue weighted by molar-refractivity contribution is 5.16. The van der Waals surface area contributed by atoms with Gasteiger partial charge in [0.05, 0.1) is 17.8 Å². The molecule has 4 saturated carbocycles. The zero-order valence-electron chi connectivity index (χ0n) is 17.8. The van der Waals surface area contributed by atoms with Gasteiger partial charge in [0, 0.05) is 6.42 Å². The topological polar surface area (TPSA) is 60.7 Å². The van der Waals surface area contributed by atoms with Crippen molar-refractivity contribution in [2.75, 3.05) is 0 Å². The van der Waals surface area contributed by atoms with E-state index < -0.39 is 5.60 Å². The maximum absolute atomic E-state index is 12.1. The molecule has 0 amide bonds. The van der Waals surface area contributed by atoms with E-state index in [4.69, 9.17) is 0 Å². The van der Waals surface area contributed by atoms with Crippen LogP contribution in [0.25, 0.3) is 0 Å². The molecule has 4 aliphatic rings. The second-order valence-corrected chi connectivity index (χ2v) is 11.2. The molecule has 0 heterocycles. The molecular formula is C24H42O3. The second kappa shape index (κ2) is 6.99. The Bertz CT molecular complexity index is 550. The Labute approximate surface area is 165 Å². The van der Waals surface area contributed by atoms with E-state index in [-0.39, 0.29) is 23.0 Å². The molecule has 4 fully saturated rings. The molecule has 0 aromatic carbocycles. The molecule has 0 saturated heterocycles. The molecule has 4 unspecified atom stereocenters. The third-order valence-electron chi connectivity index (χ3n) is 10.1. The van der Waals surface area contributed by atoms with Crippen LogP contribution in [0.3, 0.4) is 0 Å². The second-order valence-electron chi connectivity index (χ2n) is 11.2. The minimum atomic E-state index is -0.704. The van der Waals surface area contributed by atoms with E-state index in [1.807, 2.05) is 0 Å². The van der Waals surface area contributed by atoms with Gasteiger partial charge in [0.1, 0.15) is 0 Å². The smallest absolute Gasteiger partial charge is 0.0756 e. The Hall–Kier alpha value is -0.120. The van der Waals surface area contributed by atoms with Crippen LogP contribution >= 0.6 is 0 Å². The minimum Gasteiger partial charge on any atom is -0.393 e. The van der Waals surface area contributed by atoms with Gasteiger partial charge in [-0.3, -0.25) is 0 Å². The molecule has 0 aliphatic heterocycles. The van der Waals surface area contributed by atoms with E-state index in [0.717, 1.165) is 51.4 Å². The zero-order valence-corrected chi connectivity index (χ0v) is 17.8. The highest BCUT2D eigenvalue weighted by atomic mass is 16.3. The molecule has 0 aromatic heterocycles. The van der Waals surface area contributed by atoms with Gasteiger partial charge in [0.25, 0.3) is 0 Å². The lowest BCUT2D eigenvalue weighted by Crippen LogP contribution is -2.66. The zero-order chi connectivity index (χ0) is 19.4. The van der Waals surface area contributed by atoms with Crippen molar-refractivity contribution in [1.29, 1.82) is 0 Å². The van der Waals surface area contributed by atoms with Gasteiger partial charge in [-0.1, -0.05) is 40.0 Å². The van der Waals surface area contributed by atoms with Crippen molar-refractivity contribution < 1.29 is 15.3 Å². The molecule has 156 valence electrons. The third kappa shape index (κ3) is 2.86. The van der Waals surface area contributed by atoms with Gasteiger partial charge in [0.15, 0.2) is 0 Å². The van der Waals surface area contributed by atoms with Crippen LogP contribution in [0.2, 0.25) is 0 Å². The Kier molecular flexibility index (Phi) is 5.22. The van der Waals surface area contributed by atoms with Crippen LogP contribution in [0.4, 0.5) is 0 Å². The summed E-state index contributed by atoms with van der Waals surface area (Å²) in [6.07, 6.45) is 12.1. The Morgan fingerprint density at radius 1 is 0.926 bits per heavy atom. The van der Waals surface area contributed by atoms with Crippen LogP contribution in [0.5, 0.6) is 0 Å². The Balaban J connectivity index is 1.67. The lowest BCUT2D eigenvalue weighted by molar-refractivity contribution is -0.249. The van der Waals surface area contributed by atoms with E-state index in [1.165, 1.54) is 19.3 Å². The summed E-state index contributed by atoms with van der Waals surface area (Å²) in [4.78, 5) is 0. The molecule has 3 heteroatoms. The molecule has 0 bridgehead atoms. The third-order valence-corrected chi connectivity index (χ3v) is 10.1. The number of rotatable bonds is 4. The van der Waals surface area contributed by atoms with Gasteiger partial charge in [0.2, 0.25) is 0 Å². The quantitative estimate of drug-likeness (QED) is 0.623. The van der Waals surface area contributed by atoms with Crippen molar-refractivity contribution in [2.45, 2.75) is 116 Å². The lowest BCUT2D eigenvalue weighted by Gasteiger charge is -2.66. The number of unbranched alkanes of at least 4 members (excludes halogenated alkanes) is 2. The Morgan fingerprint density at radius 2 is 1.70 bits per heavy atom. The molecule has 3 nitrogen and oxygen atoms in total. The number of hydrogen-bond donors (Lipinski definition) is 3. The van der Waals surface area contributed by atoms with Crippen molar-refractivity contribution in [3.05, 3.63) is 0 Å². The van der Waals surface area contributed by atoms with Crippen LogP contribution in [-0.2, 0) is 0 Å². The first-order valence-corrected chi connectivity index (χ1v) is 11.8. The van der Waals surface area contributed by atoms with E-state index in [0.29, 0.717) is 30.1 Å². The summed E-state index contributed by atoms with van der Waals surface area (Å²) in [6.45, 7) is 6.94. The predicted molar refractivity (Wildman–Crippen MR) is 108 cm³/mol. The van der Waals surface area contributed by atoms with Crippen molar-refractivity contribution in [2.24, 2.45) is 34.5 Å². The molecule has 0 spiro atoms. The van der Waals surface area contributed by atoms with Crippen LogP contribution in [0.1, 0.15) is 97.8 Å². The molecule has 3 N–H and O–H groups in total. The van der Waals surface area contributed by atoms with Crippen LogP contribution in [-0.4, -0.2) is 33.1 Å². The van der Waals surface area contributed by atoms with Gasteiger partial charge in [-0.15, -0.1) is 0 Å². The van der Waals surface area contributed by atoms with Crippen molar-refractivity contribution in [1.82, 2.24) is 0 Å². The first-order valence-electron chi connectivity index (χ1n) is 11.8. The SMILES string of the molecule is CCCCCC1C[C@H]2[C@@H]3CCC(O)[C@@]3(C)CC[C@@H]2[C@@]2(C)CCC(O)CC12O. The molecule has 0 radical (unpaired) electrons. The minimum absolute atomic E-state index is 0.0686. The van der Waals surface area contributed by atoms with Crippen LogP contribution in [0, 0.1) is 34.5 Å². The predicted octanol–water partition coefficient (Wildman–Crippen LogP) is 4.67. The average Bonchev–Trinajstić information content (AvgIpc) is 2.92. The molecule has 4 aliphatic carbocycles. The standard InChI is InChI=1S/C24H42O3/c1-4-5-6-7-16-14-18-19-8-9-21(26)22(19,2)12-11-20(18)23(3)13-10-17(25)15-24(16,23)27/h16-21,25-27H,4-15H2,1-3H3/t16?,17?,18-,19-,20-,21?,22-,23+,24?/m0/s1. The van der Waals surface area contributed by atoms with Crippen LogP contribution < -0.4 is 0 Å². The van der Waals surface area contributed by atoms with Crippen molar-refractivity contribution >= 4 is 0 Å². The number of aliphatic hydroxyl groups is 3. The monoisotopic (exact) mass is 378 g/mol. The number of fused-ring (bicyclic) bond motifs is 5. The molecule has 9 atom stereocenters. The summed E-state index contributed by atoms with van der Waals surface area (Å²) in [5.74, 6) is 2.13. The van der Waals surface area contributed by atoms with Crippen LogP contribution in [0.15, 0.2) is 0 Å². The largest absolute Gasteiger partial charge is 0.393 e. The van der Waals surface area contributed by atoms with E-state index in [1.54, 1.807) is 0 Å². The first-order chi connectivity index (χ1) is 12.8. The Morgan fingerprint density at radius 3 is 2.44 bits per heavy atom. The summed E-state index contributed by atoms with van der Waals surface area (Å²) >= 11 is 0. The molecular weight excluding hydrogens is 336 g/mol. The number of hydrogen-bond acceptors (Lipinski definition) is 3. The summed E-state index contributed by atoms with van der Waals surface area (Å²) in [7, 11) is 0. The van der Waals surface area contributed by atoms with Gasteiger partial charge in [-0.05, 0) is 85.9 Å². The van der Waals surface area contributed by atoms with Gasteiger partial charge < -0.3 is 15.3 Å². The fourth-order valence-corrected chi connectivity index (χ4v) is 8.42. The normalized spacial score (nSPS) is 54.9.